The molecule has 1 saturated carbocycles. The largest absolute Gasteiger partial charge is 0.485 e. The van der Waals surface area contributed by atoms with Gasteiger partial charge >= 0.3 is 0 Å². The smallest absolute Gasteiger partial charge is 0.126 e. The number of ether oxygens (including phenoxy) is 1. The minimum absolute atomic E-state index is 0.0370. The van der Waals surface area contributed by atoms with E-state index in [1.165, 1.54) is 24.0 Å². The Bertz CT molecular complexity index is 663. The second kappa shape index (κ2) is 5.15. The Morgan fingerprint density at radius 2 is 1.71 bits per heavy atom. The lowest BCUT2D eigenvalue weighted by atomic mass is 9.93. The van der Waals surface area contributed by atoms with Crippen molar-refractivity contribution in [3.63, 3.8) is 0 Å². The van der Waals surface area contributed by atoms with Crippen LogP contribution in [0.2, 0.25) is 0 Å². The summed E-state index contributed by atoms with van der Waals surface area (Å²) in [5.41, 5.74) is 10.1. The van der Waals surface area contributed by atoms with Crippen LogP contribution in [0.15, 0.2) is 46.9 Å². The molecule has 1 aliphatic carbocycles. The van der Waals surface area contributed by atoms with E-state index in [1.54, 1.807) is 0 Å². The molecule has 1 fully saturated rings. The van der Waals surface area contributed by atoms with Gasteiger partial charge in [-0.15, -0.1) is 0 Å². The van der Waals surface area contributed by atoms with Gasteiger partial charge in [-0.25, -0.2) is 0 Å². The molecule has 0 radical (unpaired) electrons. The van der Waals surface area contributed by atoms with Crippen LogP contribution in [0.5, 0.6) is 5.75 Å². The quantitative estimate of drug-likeness (QED) is 0.845. The second-order valence-electron chi connectivity index (χ2n) is 6.07. The summed E-state index contributed by atoms with van der Waals surface area (Å²) in [6, 6.07) is 15.0. The highest BCUT2D eigenvalue weighted by Gasteiger charge is 2.28. The summed E-state index contributed by atoms with van der Waals surface area (Å²) in [5.74, 6) is 1.70. The van der Waals surface area contributed by atoms with Crippen molar-refractivity contribution < 1.29 is 4.74 Å². The molecule has 2 aromatic carbocycles. The first-order chi connectivity index (χ1) is 10.2. The highest BCUT2D eigenvalue weighted by Crippen LogP contribution is 2.43. The Balaban J connectivity index is 1.61. The van der Waals surface area contributed by atoms with Crippen molar-refractivity contribution in [2.24, 2.45) is 5.73 Å². The van der Waals surface area contributed by atoms with Crippen molar-refractivity contribution in [3.05, 3.63) is 63.6 Å². The lowest BCUT2D eigenvalue weighted by Gasteiger charge is -2.30. The van der Waals surface area contributed by atoms with Crippen LogP contribution in [-0.4, -0.2) is 0 Å². The number of hydrogen-bond donors (Lipinski definition) is 1. The molecular weight excluding hydrogens is 326 g/mol. The van der Waals surface area contributed by atoms with E-state index in [0.29, 0.717) is 0 Å². The van der Waals surface area contributed by atoms with Crippen molar-refractivity contribution in [1.29, 1.82) is 0 Å². The average molecular weight is 344 g/mol. The summed E-state index contributed by atoms with van der Waals surface area (Å²) in [5, 5.41) is 0. The Morgan fingerprint density at radius 3 is 2.43 bits per heavy atom. The van der Waals surface area contributed by atoms with E-state index in [2.05, 4.69) is 46.3 Å². The fraction of sp³-hybridized carbons (Fsp3) is 0.333. The molecule has 1 aliphatic heterocycles. The second-order valence-corrected chi connectivity index (χ2v) is 6.99. The lowest BCUT2D eigenvalue weighted by Crippen LogP contribution is -2.24. The molecule has 108 valence electrons. The summed E-state index contributed by atoms with van der Waals surface area (Å²) in [7, 11) is 0. The van der Waals surface area contributed by atoms with Crippen LogP contribution in [-0.2, 0) is 0 Å². The van der Waals surface area contributed by atoms with Gasteiger partial charge in [0.1, 0.15) is 11.9 Å². The molecule has 0 bridgehead atoms. The standard InChI is InChI=1S/C18H18BrNO/c19-14-7-8-15-16(20)10-17(21-18(15)9-14)13-5-3-12(4-6-13)11-1-2-11/h3-9,11,16-17H,1-2,10,20H2. The molecule has 4 rings (SSSR count). The maximum Gasteiger partial charge on any atom is 0.126 e. The van der Waals surface area contributed by atoms with E-state index < -0.39 is 0 Å². The molecule has 3 heteroatoms. The summed E-state index contributed by atoms with van der Waals surface area (Å²) in [6.45, 7) is 0. The van der Waals surface area contributed by atoms with Crippen LogP contribution in [0.3, 0.4) is 0 Å². The minimum Gasteiger partial charge on any atom is -0.485 e. The predicted molar refractivity (Wildman–Crippen MR) is 87.5 cm³/mol. The number of nitrogens with two attached hydrogens (primary N) is 1. The monoisotopic (exact) mass is 343 g/mol. The van der Waals surface area contributed by atoms with Gasteiger partial charge in [-0.05, 0) is 42.0 Å². The maximum atomic E-state index is 6.32. The van der Waals surface area contributed by atoms with Crippen molar-refractivity contribution in [2.45, 2.75) is 37.3 Å². The van der Waals surface area contributed by atoms with Crippen LogP contribution in [0.4, 0.5) is 0 Å². The molecule has 0 saturated heterocycles. The molecular formula is C18H18BrNO. The predicted octanol–water partition coefficient (Wildman–Crippen LogP) is 4.85. The van der Waals surface area contributed by atoms with E-state index in [-0.39, 0.29) is 12.1 Å². The third kappa shape index (κ3) is 2.60. The van der Waals surface area contributed by atoms with Gasteiger partial charge in [-0.2, -0.15) is 0 Å². The summed E-state index contributed by atoms with van der Waals surface area (Å²) >= 11 is 3.50. The Labute approximate surface area is 133 Å². The highest BCUT2D eigenvalue weighted by molar-refractivity contribution is 9.10. The Hall–Kier alpha value is -1.32. The van der Waals surface area contributed by atoms with Crippen molar-refractivity contribution in [1.82, 2.24) is 0 Å². The van der Waals surface area contributed by atoms with E-state index >= 15 is 0 Å². The first-order valence-electron chi connectivity index (χ1n) is 7.52. The van der Waals surface area contributed by atoms with E-state index in [1.807, 2.05) is 12.1 Å². The van der Waals surface area contributed by atoms with Crippen LogP contribution < -0.4 is 10.5 Å². The van der Waals surface area contributed by atoms with E-state index in [0.717, 1.165) is 28.1 Å². The van der Waals surface area contributed by atoms with Gasteiger partial charge in [-0.1, -0.05) is 46.3 Å². The zero-order chi connectivity index (χ0) is 14.4. The molecule has 2 nitrogen and oxygen atoms in total. The van der Waals surface area contributed by atoms with Crippen molar-refractivity contribution in [2.75, 3.05) is 0 Å². The number of benzene rings is 2. The van der Waals surface area contributed by atoms with E-state index in [9.17, 15) is 0 Å². The SMILES string of the molecule is NC1CC(c2ccc(C3CC3)cc2)Oc2cc(Br)ccc21. The van der Waals surface area contributed by atoms with Gasteiger partial charge in [0.25, 0.3) is 0 Å². The van der Waals surface area contributed by atoms with Gasteiger partial charge < -0.3 is 10.5 Å². The average Bonchev–Trinajstić information content (AvgIpc) is 3.31. The third-order valence-corrected chi connectivity index (χ3v) is 4.96. The minimum atomic E-state index is 0.0370. The number of rotatable bonds is 2. The number of fused-ring (bicyclic) bond motifs is 1. The maximum absolute atomic E-state index is 6.32. The van der Waals surface area contributed by atoms with Crippen LogP contribution >= 0.6 is 15.9 Å². The van der Waals surface area contributed by atoms with Gasteiger partial charge in [0.05, 0.1) is 0 Å². The lowest BCUT2D eigenvalue weighted by molar-refractivity contribution is 0.161. The van der Waals surface area contributed by atoms with Crippen molar-refractivity contribution in [3.8, 4) is 5.75 Å². The third-order valence-electron chi connectivity index (χ3n) is 4.47. The summed E-state index contributed by atoms with van der Waals surface area (Å²) in [6.07, 6.45) is 3.56. The molecule has 0 aromatic heterocycles. The highest BCUT2D eigenvalue weighted by atomic mass is 79.9. The molecule has 21 heavy (non-hydrogen) atoms. The number of halogens is 1. The molecule has 2 aromatic rings. The molecule has 2 aliphatic rings. The topological polar surface area (TPSA) is 35.2 Å². The molecule has 0 amide bonds. The molecule has 2 N–H and O–H groups in total. The number of hydrogen-bond acceptors (Lipinski definition) is 2. The summed E-state index contributed by atoms with van der Waals surface area (Å²) < 4.78 is 7.20. The van der Waals surface area contributed by atoms with Gasteiger partial charge in [0.2, 0.25) is 0 Å². The van der Waals surface area contributed by atoms with Gasteiger partial charge in [0.15, 0.2) is 0 Å². The van der Waals surface area contributed by atoms with Crippen LogP contribution in [0.1, 0.15) is 54.0 Å². The van der Waals surface area contributed by atoms with Crippen LogP contribution in [0.25, 0.3) is 0 Å². The molecule has 2 atom stereocenters. The van der Waals surface area contributed by atoms with Gasteiger partial charge in [0, 0.05) is 22.5 Å². The van der Waals surface area contributed by atoms with Gasteiger partial charge in [-0.3, -0.25) is 0 Å². The zero-order valence-electron chi connectivity index (χ0n) is 11.8. The zero-order valence-corrected chi connectivity index (χ0v) is 13.3. The molecule has 2 unspecified atom stereocenters. The molecule has 1 heterocycles. The molecule has 0 spiro atoms. The van der Waals surface area contributed by atoms with Crippen LogP contribution in [0, 0.1) is 0 Å². The first kappa shape index (κ1) is 13.4. The fourth-order valence-electron chi connectivity index (χ4n) is 3.08. The van der Waals surface area contributed by atoms with E-state index in [4.69, 9.17) is 10.5 Å². The summed E-state index contributed by atoms with van der Waals surface area (Å²) in [4.78, 5) is 0. The Morgan fingerprint density at radius 1 is 1.00 bits per heavy atom. The Kier molecular flexibility index (Phi) is 3.27. The first-order valence-corrected chi connectivity index (χ1v) is 8.31. The van der Waals surface area contributed by atoms with Crippen molar-refractivity contribution >= 4 is 15.9 Å². The normalized spacial score (nSPS) is 24.3. The fourth-order valence-corrected chi connectivity index (χ4v) is 3.42.